The molecule has 0 aliphatic carbocycles. The molecule has 0 amide bonds. The summed E-state index contributed by atoms with van der Waals surface area (Å²) < 4.78 is 55.2. The van der Waals surface area contributed by atoms with Crippen LogP contribution in [-0.2, 0) is 20.0 Å². The van der Waals surface area contributed by atoms with Gasteiger partial charge in [-0.15, -0.1) is 0 Å². The molecule has 3 aromatic rings. The van der Waals surface area contributed by atoms with Crippen LogP contribution < -0.4 is 42.8 Å². The summed E-state index contributed by atoms with van der Waals surface area (Å²) in [5, 5.41) is 9.50. The third-order valence-electron chi connectivity index (χ3n) is 5.93. The number of sulfonamides is 2. The molecule has 2 aliphatic rings. The highest BCUT2D eigenvalue weighted by Crippen LogP contribution is 2.39. The number of primary sulfonamides is 1. The van der Waals surface area contributed by atoms with Crippen molar-refractivity contribution < 1.29 is 16.8 Å². The van der Waals surface area contributed by atoms with Crippen LogP contribution in [-0.4, -0.2) is 41.0 Å². The van der Waals surface area contributed by atoms with Crippen LogP contribution in [0.5, 0.6) is 0 Å². The molecule has 0 spiro atoms. The Hall–Kier alpha value is -2.73. The highest BCUT2D eigenvalue weighted by atomic mass is 32.2. The summed E-state index contributed by atoms with van der Waals surface area (Å²) in [5.74, 6) is 0.284. The second-order valence-electron chi connectivity index (χ2n) is 8.30. The predicted molar refractivity (Wildman–Crippen MR) is 130 cm³/mol. The molecule has 2 aromatic carbocycles. The average Bonchev–Trinajstić information content (AvgIpc) is 3.51. The molecule has 2 fully saturated rings. The Labute approximate surface area is 202 Å². The fraction of sp³-hybridized carbons (Fsp3) is 0.250. The molecule has 1 aromatic heterocycles. The number of rotatable bonds is 6. The highest BCUT2D eigenvalue weighted by molar-refractivity contribution is 7.92. The number of hydrogen-bond acceptors (Lipinski definition) is 11. The summed E-state index contributed by atoms with van der Waals surface area (Å²) in [6, 6.07) is 11.3. The van der Waals surface area contributed by atoms with Gasteiger partial charge in [-0.2, -0.15) is 11.1 Å². The standard InChI is InChI=1S/C20H25N9O4S2/c21-16-7-4-11-2-1-3-14(18(11)24-16)13-5-6-15(35(32,33)27-12-8-9-23-10-12)19(34(22,30)31)17(13)20-25-28-29-26-20/h1-7,12,20,23,25-29H,8-10H2,(H2,21,24)(H2,22,30,31)/t12-/m1/s1. The van der Waals surface area contributed by atoms with E-state index < -0.39 is 36.0 Å². The van der Waals surface area contributed by atoms with E-state index in [1.165, 1.54) is 6.07 Å². The van der Waals surface area contributed by atoms with Crippen molar-refractivity contribution in [2.45, 2.75) is 28.4 Å². The molecular weight excluding hydrogens is 494 g/mol. The second kappa shape index (κ2) is 9.05. The van der Waals surface area contributed by atoms with Gasteiger partial charge >= 0.3 is 0 Å². The van der Waals surface area contributed by atoms with Crippen molar-refractivity contribution in [3.05, 3.63) is 48.0 Å². The van der Waals surface area contributed by atoms with Gasteiger partial charge in [0.25, 0.3) is 0 Å². The summed E-state index contributed by atoms with van der Waals surface area (Å²) in [7, 11) is -8.76. The van der Waals surface area contributed by atoms with Crippen LogP contribution in [0.25, 0.3) is 22.0 Å². The molecule has 2 aliphatic heterocycles. The quantitative estimate of drug-likeness (QED) is 0.196. The molecule has 15 heteroatoms. The fourth-order valence-electron chi connectivity index (χ4n) is 4.42. The summed E-state index contributed by atoms with van der Waals surface area (Å²) in [6.07, 6.45) is -0.282. The number of aromatic nitrogens is 1. The van der Waals surface area contributed by atoms with Crippen molar-refractivity contribution in [3.63, 3.8) is 0 Å². The second-order valence-corrected chi connectivity index (χ2v) is 11.5. The van der Waals surface area contributed by atoms with Gasteiger partial charge in [-0.3, -0.25) is 0 Å². The maximum atomic E-state index is 13.4. The van der Waals surface area contributed by atoms with Gasteiger partial charge < -0.3 is 11.1 Å². The van der Waals surface area contributed by atoms with Crippen LogP contribution >= 0.6 is 0 Å². The molecule has 0 radical (unpaired) electrons. The van der Waals surface area contributed by atoms with Gasteiger partial charge in [0.15, 0.2) is 0 Å². The van der Waals surface area contributed by atoms with Crippen molar-refractivity contribution >= 4 is 36.8 Å². The number of fused-ring (bicyclic) bond motifs is 1. The first-order valence-corrected chi connectivity index (χ1v) is 13.8. The number of nitrogens with two attached hydrogens (primary N) is 2. The van der Waals surface area contributed by atoms with E-state index in [1.807, 2.05) is 6.07 Å². The van der Waals surface area contributed by atoms with Crippen LogP contribution in [0.4, 0.5) is 5.82 Å². The Morgan fingerprint density at radius 2 is 1.74 bits per heavy atom. The van der Waals surface area contributed by atoms with Gasteiger partial charge in [-0.05, 0) is 36.7 Å². The van der Waals surface area contributed by atoms with Gasteiger partial charge in [-0.25, -0.2) is 42.5 Å². The number of nitrogens with one attached hydrogen (secondary N) is 6. The molecule has 10 N–H and O–H groups in total. The smallest absolute Gasteiger partial charge is 0.242 e. The minimum atomic E-state index is -4.53. The molecule has 13 nitrogen and oxygen atoms in total. The maximum Gasteiger partial charge on any atom is 0.242 e. The van der Waals surface area contributed by atoms with Crippen molar-refractivity contribution in [1.82, 2.24) is 36.9 Å². The van der Waals surface area contributed by atoms with Gasteiger partial charge in [-0.1, -0.05) is 24.3 Å². The van der Waals surface area contributed by atoms with Crippen LogP contribution in [0.3, 0.4) is 0 Å². The maximum absolute atomic E-state index is 13.4. The van der Waals surface area contributed by atoms with E-state index >= 15 is 0 Å². The van der Waals surface area contributed by atoms with Crippen molar-refractivity contribution in [2.24, 2.45) is 5.14 Å². The van der Waals surface area contributed by atoms with E-state index in [0.29, 0.717) is 36.2 Å². The Morgan fingerprint density at radius 3 is 2.43 bits per heavy atom. The predicted octanol–water partition coefficient (Wildman–Crippen LogP) is -1.11. The number of benzene rings is 2. The zero-order valence-electron chi connectivity index (χ0n) is 18.4. The minimum Gasteiger partial charge on any atom is -0.384 e. The van der Waals surface area contributed by atoms with Crippen LogP contribution in [0, 0.1) is 0 Å². The Balaban J connectivity index is 1.80. The molecule has 0 unspecified atom stereocenters. The topological polar surface area (TPSA) is 205 Å². The first-order valence-electron chi connectivity index (χ1n) is 10.7. The number of nitrogens with zero attached hydrogens (tertiary/aromatic N) is 1. The first kappa shape index (κ1) is 24.0. The van der Waals surface area contributed by atoms with Gasteiger partial charge in [0.2, 0.25) is 20.0 Å². The summed E-state index contributed by atoms with van der Waals surface area (Å²) in [6.45, 7) is 1.10. The fourth-order valence-corrected chi connectivity index (χ4v) is 7.35. The zero-order chi connectivity index (χ0) is 24.8. The zero-order valence-corrected chi connectivity index (χ0v) is 20.0. The lowest BCUT2D eigenvalue weighted by molar-refractivity contribution is 0.530. The van der Waals surface area contributed by atoms with E-state index in [0.717, 1.165) is 5.39 Å². The van der Waals surface area contributed by atoms with E-state index in [2.05, 4.69) is 36.9 Å². The van der Waals surface area contributed by atoms with E-state index in [1.54, 1.807) is 30.3 Å². The number of hydrazine groups is 3. The number of nitrogen functional groups attached to an aromatic ring is 1. The minimum absolute atomic E-state index is 0.106. The van der Waals surface area contributed by atoms with Crippen molar-refractivity contribution in [2.75, 3.05) is 18.8 Å². The molecule has 2 saturated heterocycles. The molecule has 5 rings (SSSR count). The normalized spacial score (nSPS) is 19.5. The highest BCUT2D eigenvalue weighted by Gasteiger charge is 2.35. The summed E-state index contributed by atoms with van der Waals surface area (Å²) >= 11 is 0. The summed E-state index contributed by atoms with van der Waals surface area (Å²) in [4.78, 5) is 3.48. The Kier molecular flexibility index (Phi) is 6.20. The molecule has 3 heterocycles. The SMILES string of the molecule is Nc1ccc2cccc(-c3ccc(S(=O)(=O)N[C@@H]4CCNC4)c(S(N)(=O)=O)c3C3NNNN3)c2n1. The molecule has 0 bridgehead atoms. The largest absolute Gasteiger partial charge is 0.384 e. The molecule has 0 saturated carbocycles. The number of para-hydroxylation sites is 1. The number of hydrogen-bond donors (Lipinski definition) is 8. The van der Waals surface area contributed by atoms with Crippen LogP contribution in [0.1, 0.15) is 18.2 Å². The lowest BCUT2D eigenvalue weighted by Gasteiger charge is -2.23. The first-order chi connectivity index (χ1) is 16.6. The molecule has 1 atom stereocenters. The Bertz CT molecular complexity index is 1500. The third-order valence-corrected chi connectivity index (χ3v) is 8.63. The van der Waals surface area contributed by atoms with E-state index in [-0.39, 0.29) is 17.4 Å². The van der Waals surface area contributed by atoms with Crippen molar-refractivity contribution in [3.8, 4) is 11.1 Å². The third kappa shape index (κ3) is 4.61. The lowest BCUT2D eigenvalue weighted by atomic mass is 9.95. The average molecular weight is 520 g/mol. The lowest BCUT2D eigenvalue weighted by Crippen LogP contribution is -2.38. The van der Waals surface area contributed by atoms with E-state index in [4.69, 9.17) is 10.9 Å². The molecular formula is C20H25N9O4S2. The van der Waals surface area contributed by atoms with Crippen LogP contribution in [0.2, 0.25) is 0 Å². The Morgan fingerprint density at radius 1 is 0.971 bits per heavy atom. The monoisotopic (exact) mass is 519 g/mol. The molecule has 35 heavy (non-hydrogen) atoms. The number of anilines is 1. The van der Waals surface area contributed by atoms with Crippen LogP contribution in [0.15, 0.2) is 52.3 Å². The van der Waals surface area contributed by atoms with Gasteiger partial charge in [0.05, 0.1) is 5.52 Å². The molecule has 186 valence electrons. The summed E-state index contributed by atoms with van der Waals surface area (Å²) in [5.41, 5.74) is 18.5. The van der Waals surface area contributed by atoms with E-state index in [9.17, 15) is 16.8 Å². The van der Waals surface area contributed by atoms with Crippen molar-refractivity contribution in [1.29, 1.82) is 0 Å². The van der Waals surface area contributed by atoms with Gasteiger partial charge in [0.1, 0.15) is 21.8 Å². The van der Waals surface area contributed by atoms with Gasteiger partial charge in [0, 0.05) is 29.1 Å². The number of pyridine rings is 1.